The van der Waals surface area contributed by atoms with E-state index in [9.17, 15) is 9.59 Å². The number of carbonyl (C=O) groups excluding carboxylic acids is 1. The van der Waals surface area contributed by atoms with E-state index in [1.807, 2.05) is 6.92 Å². The summed E-state index contributed by atoms with van der Waals surface area (Å²) in [4.78, 5) is 23.0. The Hall–Kier alpha value is -1.36. The lowest BCUT2D eigenvalue weighted by atomic mass is 10.2. The fraction of sp³-hybridized carbons (Fsp3) is 0.400. The second kappa shape index (κ2) is 4.93. The molecule has 1 heterocycles. The van der Waals surface area contributed by atoms with Crippen molar-refractivity contribution in [2.45, 2.75) is 26.7 Å². The molecule has 0 fully saturated rings. The van der Waals surface area contributed by atoms with Crippen molar-refractivity contribution in [2.24, 2.45) is 0 Å². The SMILES string of the molecule is CCCC(=O)Nc1c(C(=O)O)csc1C. The van der Waals surface area contributed by atoms with Crippen LogP contribution in [0.15, 0.2) is 5.38 Å². The summed E-state index contributed by atoms with van der Waals surface area (Å²) in [5.74, 6) is -1.15. The van der Waals surface area contributed by atoms with Crippen molar-refractivity contribution in [3.63, 3.8) is 0 Å². The van der Waals surface area contributed by atoms with Crippen molar-refractivity contribution < 1.29 is 14.7 Å². The molecule has 1 amide bonds. The van der Waals surface area contributed by atoms with Crippen molar-refractivity contribution >= 4 is 28.9 Å². The molecule has 82 valence electrons. The Morgan fingerprint density at radius 1 is 1.53 bits per heavy atom. The maximum absolute atomic E-state index is 11.3. The lowest BCUT2D eigenvalue weighted by Gasteiger charge is -2.04. The average molecular weight is 227 g/mol. The zero-order valence-corrected chi connectivity index (χ0v) is 9.48. The van der Waals surface area contributed by atoms with Crippen LogP contribution < -0.4 is 5.32 Å². The molecule has 1 aromatic rings. The number of carbonyl (C=O) groups is 2. The molecule has 0 radical (unpaired) electrons. The fourth-order valence-electron chi connectivity index (χ4n) is 1.20. The molecular weight excluding hydrogens is 214 g/mol. The summed E-state index contributed by atoms with van der Waals surface area (Å²) in [7, 11) is 0. The zero-order chi connectivity index (χ0) is 11.4. The van der Waals surface area contributed by atoms with Crippen LogP contribution >= 0.6 is 11.3 Å². The molecule has 0 unspecified atom stereocenters. The van der Waals surface area contributed by atoms with Gasteiger partial charge >= 0.3 is 5.97 Å². The average Bonchev–Trinajstić information content (AvgIpc) is 2.48. The Labute approximate surface area is 91.9 Å². The van der Waals surface area contributed by atoms with Gasteiger partial charge in [-0.25, -0.2) is 4.79 Å². The van der Waals surface area contributed by atoms with Crippen LogP contribution in [0.2, 0.25) is 0 Å². The van der Waals surface area contributed by atoms with Gasteiger partial charge in [0.1, 0.15) is 0 Å². The van der Waals surface area contributed by atoms with Crippen LogP contribution in [0.5, 0.6) is 0 Å². The number of aromatic carboxylic acids is 1. The first kappa shape index (κ1) is 11.7. The van der Waals surface area contributed by atoms with Crippen LogP contribution in [0.4, 0.5) is 5.69 Å². The van der Waals surface area contributed by atoms with Crippen LogP contribution in [0, 0.1) is 6.92 Å². The first-order chi connectivity index (χ1) is 7.06. The third kappa shape index (κ3) is 2.79. The van der Waals surface area contributed by atoms with Crippen LogP contribution in [0.3, 0.4) is 0 Å². The Balaban J connectivity index is 2.88. The van der Waals surface area contributed by atoms with E-state index in [1.54, 1.807) is 12.3 Å². The Morgan fingerprint density at radius 3 is 2.73 bits per heavy atom. The van der Waals surface area contributed by atoms with Gasteiger partial charge in [0, 0.05) is 16.7 Å². The van der Waals surface area contributed by atoms with Gasteiger partial charge in [-0.1, -0.05) is 6.92 Å². The molecule has 0 saturated heterocycles. The van der Waals surface area contributed by atoms with Crippen molar-refractivity contribution in [1.29, 1.82) is 0 Å². The summed E-state index contributed by atoms with van der Waals surface area (Å²) in [6, 6.07) is 0. The van der Waals surface area contributed by atoms with E-state index in [0.29, 0.717) is 12.1 Å². The summed E-state index contributed by atoms with van der Waals surface area (Å²) < 4.78 is 0. The minimum atomic E-state index is -1.01. The number of rotatable bonds is 4. The number of carboxylic acids is 1. The predicted octanol–water partition coefficient (Wildman–Crippen LogP) is 2.49. The van der Waals surface area contributed by atoms with Crippen LogP contribution in [0.25, 0.3) is 0 Å². The quantitative estimate of drug-likeness (QED) is 0.830. The molecule has 4 nitrogen and oxygen atoms in total. The first-order valence-electron chi connectivity index (χ1n) is 4.67. The third-order valence-corrected chi connectivity index (χ3v) is 2.86. The molecule has 0 saturated carbocycles. The standard InChI is InChI=1S/C10H13NO3S/c1-3-4-8(12)11-9-6(2)15-5-7(9)10(13)14/h5H,3-4H2,1-2H3,(H,11,12)(H,13,14). The number of hydrogen-bond acceptors (Lipinski definition) is 3. The minimum absolute atomic E-state index is 0.137. The molecule has 0 aliphatic rings. The highest BCUT2D eigenvalue weighted by Gasteiger charge is 2.16. The highest BCUT2D eigenvalue weighted by atomic mass is 32.1. The summed E-state index contributed by atoms with van der Waals surface area (Å²) in [5, 5.41) is 13.0. The molecule has 0 atom stereocenters. The molecule has 0 bridgehead atoms. The maximum Gasteiger partial charge on any atom is 0.338 e. The number of aryl methyl sites for hydroxylation is 1. The fourth-order valence-corrected chi connectivity index (χ4v) is 1.99. The van der Waals surface area contributed by atoms with Gasteiger partial charge in [0.15, 0.2) is 0 Å². The topological polar surface area (TPSA) is 66.4 Å². The molecule has 1 rings (SSSR count). The highest BCUT2D eigenvalue weighted by Crippen LogP contribution is 2.27. The number of anilines is 1. The van der Waals surface area contributed by atoms with Crippen LogP contribution in [-0.2, 0) is 4.79 Å². The Morgan fingerprint density at radius 2 is 2.20 bits per heavy atom. The van der Waals surface area contributed by atoms with E-state index in [4.69, 9.17) is 5.11 Å². The van der Waals surface area contributed by atoms with Gasteiger partial charge in [0.25, 0.3) is 0 Å². The van der Waals surface area contributed by atoms with Gasteiger partial charge in [0.05, 0.1) is 11.3 Å². The van der Waals surface area contributed by atoms with Crippen molar-refractivity contribution in [3.8, 4) is 0 Å². The molecular formula is C10H13NO3S. The smallest absolute Gasteiger partial charge is 0.338 e. The number of amides is 1. The molecule has 1 aromatic heterocycles. The van der Waals surface area contributed by atoms with E-state index in [-0.39, 0.29) is 11.5 Å². The van der Waals surface area contributed by atoms with Crippen LogP contribution in [-0.4, -0.2) is 17.0 Å². The minimum Gasteiger partial charge on any atom is -0.478 e. The van der Waals surface area contributed by atoms with Gasteiger partial charge in [-0.2, -0.15) is 0 Å². The lowest BCUT2D eigenvalue weighted by Crippen LogP contribution is -2.13. The third-order valence-electron chi connectivity index (χ3n) is 1.95. The van der Waals surface area contributed by atoms with Gasteiger partial charge in [0.2, 0.25) is 5.91 Å². The van der Waals surface area contributed by atoms with E-state index >= 15 is 0 Å². The second-order valence-electron chi connectivity index (χ2n) is 3.18. The molecule has 2 N–H and O–H groups in total. The van der Waals surface area contributed by atoms with E-state index in [2.05, 4.69) is 5.32 Å². The van der Waals surface area contributed by atoms with Gasteiger partial charge < -0.3 is 10.4 Å². The van der Waals surface area contributed by atoms with E-state index in [0.717, 1.165) is 11.3 Å². The summed E-state index contributed by atoms with van der Waals surface area (Å²) in [6.45, 7) is 3.69. The van der Waals surface area contributed by atoms with E-state index in [1.165, 1.54) is 11.3 Å². The summed E-state index contributed by atoms with van der Waals surface area (Å²) in [5.41, 5.74) is 0.605. The Kier molecular flexibility index (Phi) is 3.85. The summed E-state index contributed by atoms with van der Waals surface area (Å²) in [6.07, 6.45) is 1.16. The normalized spacial score (nSPS) is 10.0. The van der Waals surface area contributed by atoms with Gasteiger partial charge in [-0.3, -0.25) is 4.79 Å². The highest BCUT2D eigenvalue weighted by molar-refractivity contribution is 7.10. The largest absolute Gasteiger partial charge is 0.478 e. The van der Waals surface area contributed by atoms with Crippen molar-refractivity contribution in [2.75, 3.05) is 5.32 Å². The van der Waals surface area contributed by atoms with Gasteiger partial charge in [-0.05, 0) is 13.3 Å². The number of carboxylic acid groups (broad SMARTS) is 1. The molecule has 0 aliphatic heterocycles. The monoisotopic (exact) mass is 227 g/mol. The number of hydrogen-bond donors (Lipinski definition) is 2. The summed E-state index contributed by atoms with van der Waals surface area (Å²) >= 11 is 1.32. The molecule has 0 aromatic carbocycles. The zero-order valence-electron chi connectivity index (χ0n) is 8.66. The number of nitrogens with one attached hydrogen (secondary N) is 1. The van der Waals surface area contributed by atoms with Crippen LogP contribution in [0.1, 0.15) is 35.0 Å². The number of thiophene rings is 1. The predicted molar refractivity (Wildman–Crippen MR) is 59.6 cm³/mol. The second-order valence-corrected chi connectivity index (χ2v) is 4.27. The molecule has 15 heavy (non-hydrogen) atoms. The van der Waals surface area contributed by atoms with Crippen molar-refractivity contribution in [1.82, 2.24) is 0 Å². The molecule has 0 aliphatic carbocycles. The lowest BCUT2D eigenvalue weighted by molar-refractivity contribution is -0.116. The maximum atomic E-state index is 11.3. The van der Waals surface area contributed by atoms with Gasteiger partial charge in [-0.15, -0.1) is 11.3 Å². The molecule has 0 spiro atoms. The van der Waals surface area contributed by atoms with Crippen molar-refractivity contribution in [3.05, 3.63) is 15.8 Å². The first-order valence-corrected chi connectivity index (χ1v) is 5.55. The Bertz CT molecular complexity index is 384. The van der Waals surface area contributed by atoms with E-state index < -0.39 is 5.97 Å². The molecule has 5 heteroatoms.